The number of β-amino-alcohol motifs (C(OH)–C–C–N with tert-alkyl or cyclic N) is 1. The molecule has 6 nitrogen and oxygen atoms in total. The Hall–Kier alpha value is -0.690. The summed E-state index contributed by atoms with van der Waals surface area (Å²) in [5.74, 6) is 0.272. The van der Waals surface area contributed by atoms with Crippen molar-refractivity contribution in [2.24, 2.45) is 0 Å². The first-order valence-corrected chi connectivity index (χ1v) is 7.71. The molecule has 0 atom stereocenters. The normalized spacial score (nSPS) is 23.8. The van der Waals surface area contributed by atoms with Crippen molar-refractivity contribution < 1.29 is 9.90 Å². The van der Waals surface area contributed by atoms with Crippen LogP contribution in [-0.4, -0.2) is 110 Å². The van der Waals surface area contributed by atoms with Gasteiger partial charge in [-0.3, -0.25) is 14.6 Å². The van der Waals surface area contributed by atoms with Crippen LogP contribution in [0.15, 0.2) is 0 Å². The van der Waals surface area contributed by atoms with Gasteiger partial charge >= 0.3 is 0 Å². The lowest BCUT2D eigenvalue weighted by molar-refractivity contribution is -0.133. The molecule has 0 spiro atoms. The number of amides is 1. The molecule has 0 aromatic carbocycles. The summed E-state index contributed by atoms with van der Waals surface area (Å²) in [5.41, 5.74) is 0. The molecule has 1 N–H and O–H groups in total. The van der Waals surface area contributed by atoms with Crippen LogP contribution in [0.4, 0.5) is 0 Å². The molecule has 0 unspecified atom stereocenters. The van der Waals surface area contributed by atoms with Gasteiger partial charge in [-0.05, 0) is 26.6 Å². The van der Waals surface area contributed by atoms with Crippen molar-refractivity contribution in [1.29, 1.82) is 0 Å². The Morgan fingerprint density at radius 1 is 0.950 bits per heavy atom. The highest BCUT2D eigenvalue weighted by Gasteiger charge is 2.22. The molecule has 2 fully saturated rings. The van der Waals surface area contributed by atoms with E-state index in [2.05, 4.69) is 21.7 Å². The van der Waals surface area contributed by atoms with Gasteiger partial charge in [0.2, 0.25) is 5.91 Å². The SMILES string of the molecule is CN1CCN(C(=O)CN2CCCN(CCO)CC2)CC1. The molecule has 2 saturated heterocycles. The van der Waals surface area contributed by atoms with E-state index in [9.17, 15) is 4.79 Å². The minimum atomic E-state index is 0.222. The lowest BCUT2D eigenvalue weighted by Gasteiger charge is -2.33. The van der Waals surface area contributed by atoms with E-state index in [1.54, 1.807) is 0 Å². The Kier molecular flexibility index (Phi) is 6.22. The van der Waals surface area contributed by atoms with Gasteiger partial charge in [0.1, 0.15) is 0 Å². The lowest BCUT2D eigenvalue weighted by Crippen LogP contribution is -2.50. The predicted molar refractivity (Wildman–Crippen MR) is 78.7 cm³/mol. The second-order valence-electron chi connectivity index (χ2n) is 5.88. The molecule has 0 bridgehead atoms. The maximum Gasteiger partial charge on any atom is 0.236 e. The van der Waals surface area contributed by atoms with Crippen LogP contribution in [0.25, 0.3) is 0 Å². The number of likely N-dealkylation sites (N-methyl/N-ethyl adjacent to an activating group) is 1. The second kappa shape index (κ2) is 7.93. The van der Waals surface area contributed by atoms with Crippen LogP contribution in [0.2, 0.25) is 0 Å². The highest BCUT2D eigenvalue weighted by molar-refractivity contribution is 5.78. The number of hydrogen-bond donors (Lipinski definition) is 1. The van der Waals surface area contributed by atoms with Gasteiger partial charge < -0.3 is 14.9 Å². The summed E-state index contributed by atoms with van der Waals surface area (Å²) >= 11 is 0. The molecule has 2 aliphatic heterocycles. The Morgan fingerprint density at radius 2 is 1.60 bits per heavy atom. The minimum Gasteiger partial charge on any atom is -0.395 e. The molecular formula is C14H28N4O2. The molecule has 1 amide bonds. The molecule has 0 aromatic rings. The van der Waals surface area contributed by atoms with Gasteiger partial charge in [0.25, 0.3) is 0 Å². The summed E-state index contributed by atoms with van der Waals surface area (Å²) in [6, 6.07) is 0. The first kappa shape index (κ1) is 15.7. The predicted octanol–water partition coefficient (Wildman–Crippen LogP) is -1.24. The van der Waals surface area contributed by atoms with E-state index in [1.165, 1.54) is 0 Å². The molecule has 20 heavy (non-hydrogen) atoms. The maximum atomic E-state index is 12.3. The van der Waals surface area contributed by atoms with Crippen LogP contribution in [0, 0.1) is 0 Å². The topological polar surface area (TPSA) is 50.3 Å². The summed E-state index contributed by atoms with van der Waals surface area (Å²) in [5, 5.41) is 8.99. The van der Waals surface area contributed by atoms with Crippen molar-refractivity contribution >= 4 is 5.91 Å². The van der Waals surface area contributed by atoms with Crippen LogP contribution >= 0.6 is 0 Å². The third-order valence-corrected chi connectivity index (χ3v) is 4.31. The molecular weight excluding hydrogens is 256 g/mol. The summed E-state index contributed by atoms with van der Waals surface area (Å²) < 4.78 is 0. The highest BCUT2D eigenvalue weighted by atomic mass is 16.3. The monoisotopic (exact) mass is 284 g/mol. The van der Waals surface area contributed by atoms with Crippen LogP contribution in [0.1, 0.15) is 6.42 Å². The van der Waals surface area contributed by atoms with Crippen LogP contribution in [-0.2, 0) is 4.79 Å². The van der Waals surface area contributed by atoms with Crippen molar-refractivity contribution in [3.05, 3.63) is 0 Å². The van der Waals surface area contributed by atoms with Gasteiger partial charge in [-0.1, -0.05) is 0 Å². The Balaban J connectivity index is 1.74. The van der Waals surface area contributed by atoms with Gasteiger partial charge in [-0.15, -0.1) is 0 Å². The summed E-state index contributed by atoms with van der Waals surface area (Å²) in [4.78, 5) is 21.1. The molecule has 0 radical (unpaired) electrons. The molecule has 2 aliphatic rings. The van der Waals surface area contributed by atoms with Crippen molar-refractivity contribution in [2.45, 2.75) is 6.42 Å². The lowest BCUT2D eigenvalue weighted by atomic mass is 10.3. The van der Waals surface area contributed by atoms with Gasteiger partial charge in [-0.25, -0.2) is 0 Å². The van der Waals surface area contributed by atoms with E-state index in [1.807, 2.05) is 4.90 Å². The zero-order valence-electron chi connectivity index (χ0n) is 12.6. The van der Waals surface area contributed by atoms with Crippen molar-refractivity contribution in [3.8, 4) is 0 Å². The van der Waals surface area contributed by atoms with E-state index < -0.39 is 0 Å². The molecule has 2 heterocycles. The third kappa shape index (κ3) is 4.70. The third-order valence-electron chi connectivity index (χ3n) is 4.31. The Labute approximate surface area is 121 Å². The average molecular weight is 284 g/mol. The van der Waals surface area contributed by atoms with Gasteiger partial charge in [0.15, 0.2) is 0 Å². The number of rotatable bonds is 4. The Bertz CT molecular complexity index is 306. The molecule has 2 rings (SSSR count). The van der Waals surface area contributed by atoms with Crippen LogP contribution in [0.5, 0.6) is 0 Å². The number of carbonyl (C=O) groups is 1. The minimum absolute atomic E-state index is 0.222. The summed E-state index contributed by atoms with van der Waals surface area (Å²) in [6.07, 6.45) is 1.08. The largest absolute Gasteiger partial charge is 0.395 e. The van der Waals surface area contributed by atoms with E-state index in [0.717, 1.165) is 65.3 Å². The molecule has 116 valence electrons. The number of aliphatic hydroxyl groups excluding tert-OH is 1. The van der Waals surface area contributed by atoms with Crippen LogP contribution in [0.3, 0.4) is 0 Å². The van der Waals surface area contributed by atoms with Crippen molar-refractivity contribution in [1.82, 2.24) is 19.6 Å². The van der Waals surface area contributed by atoms with Gasteiger partial charge in [0, 0.05) is 45.8 Å². The van der Waals surface area contributed by atoms with E-state index in [-0.39, 0.29) is 12.5 Å². The number of hydrogen-bond acceptors (Lipinski definition) is 5. The summed E-state index contributed by atoms with van der Waals surface area (Å²) in [7, 11) is 2.10. The molecule has 6 heteroatoms. The number of piperazine rings is 1. The summed E-state index contributed by atoms with van der Waals surface area (Å²) in [6.45, 7) is 9.11. The fourth-order valence-corrected chi connectivity index (χ4v) is 2.89. The Morgan fingerprint density at radius 3 is 2.30 bits per heavy atom. The molecule has 0 aromatic heterocycles. The number of aliphatic hydroxyl groups is 1. The number of carbonyl (C=O) groups excluding carboxylic acids is 1. The fourth-order valence-electron chi connectivity index (χ4n) is 2.89. The van der Waals surface area contributed by atoms with Crippen molar-refractivity contribution in [2.75, 3.05) is 79.1 Å². The first-order valence-electron chi connectivity index (χ1n) is 7.71. The van der Waals surface area contributed by atoms with E-state index >= 15 is 0 Å². The standard InChI is InChI=1S/C14H28N4O2/c1-15-5-9-18(10-6-15)14(20)13-17-4-2-3-16(7-8-17)11-12-19/h19H,2-13H2,1H3. The highest BCUT2D eigenvalue weighted by Crippen LogP contribution is 2.05. The first-order chi connectivity index (χ1) is 9.69. The zero-order valence-corrected chi connectivity index (χ0v) is 12.6. The number of nitrogens with zero attached hydrogens (tertiary/aromatic N) is 4. The van der Waals surface area contributed by atoms with Gasteiger partial charge in [-0.2, -0.15) is 0 Å². The smallest absolute Gasteiger partial charge is 0.236 e. The van der Waals surface area contributed by atoms with Crippen LogP contribution < -0.4 is 0 Å². The molecule has 0 saturated carbocycles. The van der Waals surface area contributed by atoms with E-state index in [4.69, 9.17) is 5.11 Å². The quantitative estimate of drug-likeness (QED) is 0.700. The average Bonchev–Trinajstić information content (AvgIpc) is 2.66. The maximum absolute atomic E-state index is 12.3. The second-order valence-corrected chi connectivity index (χ2v) is 5.88. The zero-order chi connectivity index (χ0) is 14.4. The fraction of sp³-hybridized carbons (Fsp3) is 0.929. The van der Waals surface area contributed by atoms with Crippen molar-refractivity contribution in [3.63, 3.8) is 0 Å². The van der Waals surface area contributed by atoms with E-state index in [0.29, 0.717) is 6.54 Å². The molecule has 0 aliphatic carbocycles. The van der Waals surface area contributed by atoms with Gasteiger partial charge in [0.05, 0.1) is 13.2 Å².